The fraction of sp³-hybridized carbons (Fsp3) is 0.444. The number of aromatic nitrogens is 2. The second kappa shape index (κ2) is 6.75. The summed E-state index contributed by atoms with van der Waals surface area (Å²) in [7, 11) is 0. The van der Waals surface area contributed by atoms with Gasteiger partial charge in [0, 0.05) is 37.2 Å². The van der Waals surface area contributed by atoms with Crippen molar-refractivity contribution >= 4 is 17.3 Å². The number of fused-ring (bicyclic) bond motifs is 1. The Balaban J connectivity index is 1.43. The van der Waals surface area contributed by atoms with Gasteiger partial charge in [0.2, 0.25) is 5.95 Å². The lowest BCUT2D eigenvalue weighted by Gasteiger charge is -2.31. The van der Waals surface area contributed by atoms with Crippen LogP contribution in [-0.2, 0) is 13.0 Å². The SMILES string of the molecule is OC1CCN(c2ccc(Nc3ncc4c(n3)CNCC4)cc2)CC1. The van der Waals surface area contributed by atoms with Gasteiger partial charge in [-0.15, -0.1) is 0 Å². The van der Waals surface area contributed by atoms with Crippen molar-refractivity contribution in [2.45, 2.75) is 31.9 Å². The highest BCUT2D eigenvalue weighted by atomic mass is 16.3. The van der Waals surface area contributed by atoms with Crippen molar-refractivity contribution in [3.05, 3.63) is 41.7 Å². The smallest absolute Gasteiger partial charge is 0.227 e. The summed E-state index contributed by atoms with van der Waals surface area (Å²) in [6, 6.07) is 8.34. The summed E-state index contributed by atoms with van der Waals surface area (Å²) in [6.45, 7) is 3.63. The lowest BCUT2D eigenvalue weighted by molar-refractivity contribution is 0.145. The number of hydrogen-bond acceptors (Lipinski definition) is 6. The van der Waals surface area contributed by atoms with Crippen molar-refractivity contribution in [2.75, 3.05) is 29.9 Å². The molecule has 0 aliphatic carbocycles. The van der Waals surface area contributed by atoms with Crippen LogP contribution in [-0.4, -0.2) is 40.8 Å². The number of piperidine rings is 1. The molecule has 0 unspecified atom stereocenters. The van der Waals surface area contributed by atoms with E-state index < -0.39 is 0 Å². The number of rotatable bonds is 3. The minimum atomic E-state index is -0.141. The Morgan fingerprint density at radius 3 is 2.75 bits per heavy atom. The third kappa shape index (κ3) is 3.34. The van der Waals surface area contributed by atoms with Crippen molar-refractivity contribution in [2.24, 2.45) is 0 Å². The summed E-state index contributed by atoms with van der Waals surface area (Å²) < 4.78 is 0. The van der Waals surface area contributed by atoms with Crippen molar-refractivity contribution in [3.63, 3.8) is 0 Å². The molecule has 1 fully saturated rings. The summed E-state index contributed by atoms with van der Waals surface area (Å²) in [5, 5.41) is 16.2. The van der Waals surface area contributed by atoms with E-state index in [-0.39, 0.29) is 6.10 Å². The Bertz CT molecular complexity index is 695. The zero-order chi connectivity index (χ0) is 16.4. The van der Waals surface area contributed by atoms with E-state index in [9.17, 15) is 5.11 Å². The van der Waals surface area contributed by atoms with Crippen LogP contribution in [0.3, 0.4) is 0 Å². The molecule has 0 spiro atoms. The first-order valence-electron chi connectivity index (χ1n) is 8.63. The van der Waals surface area contributed by atoms with Crippen LogP contribution in [0.2, 0.25) is 0 Å². The molecule has 2 aliphatic heterocycles. The number of aliphatic hydroxyl groups excluding tert-OH is 1. The minimum Gasteiger partial charge on any atom is -0.393 e. The third-order valence-electron chi connectivity index (χ3n) is 4.77. The molecule has 0 bridgehead atoms. The second-order valence-electron chi connectivity index (χ2n) is 6.48. The van der Waals surface area contributed by atoms with Crippen LogP contribution >= 0.6 is 0 Å². The van der Waals surface area contributed by atoms with Gasteiger partial charge in [-0.1, -0.05) is 0 Å². The average molecular weight is 325 g/mol. The molecule has 3 N–H and O–H groups in total. The van der Waals surface area contributed by atoms with E-state index in [1.54, 1.807) is 0 Å². The zero-order valence-electron chi connectivity index (χ0n) is 13.7. The van der Waals surface area contributed by atoms with Crippen LogP contribution < -0.4 is 15.5 Å². The lowest BCUT2D eigenvalue weighted by Crippen LogP contribution is -2.35. The van der Waals surface area contributed by atoms with Crippen LogP contribution in [0.15, 0.2) is 30.5 Å². The summed E-state index contributed by atoms with van der Waals surface area (Å²) in [4.78, 5) is 11.3. The molecule has 24 heavy (non-hydrogen) atoms. The Hall–Kier alpha value is -2.18. The molecule has 2 aliphatic rings. The molecule has 1 aromatic carbocycles. The maximum absolute atomic E-state index is 9.61. The van der Waals surface area contributed by atoms with Gasteiger partial charge in [-0.3, -0.25) is 0 Å². The fourth-order valence-corrected chi connectivity index (χ4v) is 3.30. The Morgan fingerprint density at radius 2 is 1.96 bits per heavy atom. The number of anilines is 3. The molecular formula is C18H23N5O. The minimum absolute atomic E-state index is 0.141. The number of nitrogens with zero attached hydrogens (tertiary/aromatic N) is 3. The normalized spacial score (nSPS) is 18.3. The summed E-state index contributed by atoms with van der Waals surface area (Å²) in [5.41, 5.74) is 4.51. The molecule has 0 radical (unpaired) electrons. The Labute approximate surface area is 141 Å². The predicted octanol–water partition coefficient (Wildman–Crippen LogP) is 1.83. The zero-order valence-corrected chi connectivity index (χ0v) is 13.7. The van der Waals surface area contributed by atoms with Gasteiger partial charge < -0.3 is 20.6 Å². The van der Waals surface area contributed by atoms with Crippen molar-refractivity contribution in [3.8, 4) is 0 Å². The largest absolute Gasteiger partial charge is 0.393 e. The molecular weight excluding hydrogens is 302 g/mol. The third-order valence-corrected chi connectivity index (χ3v) is 4.77. The molecule has 1 saturated heterocycles. The van der Waals surface area contributed by atoms with E-state index in [4.69, 9.17) is 0 Å². The molecule has 1 aromatic heterocycles. The summed E-state index contributed by atoms with van der Waals surface area (Å²) >= 11 is 0. The van der Waals surface area contributed by atoms with Crippen LogP contribution in [0.1, 0.15) is 24.1 Å². The Morgan fingerprint density at radius 1 is 1.17 bits per heavy atom. The Kier molecular flexibility index (Phi) is 4.32. The van der Waals surface area contributed by atoms with Gasteiger partial charge in [-0.2, -0.15) is 0 Å². The second-order valence-corrected chi connectivity index (χ2v) is 6.48. The molecule has 3 heterocycles. The number of nitrogens with one attached hydrogen (secondary N) is 2. The number of aliphatic hydroxyl groups is 1. The first-order valence-corrected chi connectivity index (χ1v) is 8.63. The van der Waals surface area contributed by atoms with Crippen LogP contribution in [0.4, 0.5) is 17.3 Å². The van der Waals surface area contributed by atoms with Crippen LogP contribution in [0.25, 0.3) is 0 Å². The van der Waals surface area contributed by atoms with Crippen molar-refractivity contribution in [1.82, 2.24) is 15.3 Å². The average Bonchev–Trinajstić information content (AvgIpc) is 2.63. The molecule has 6 nitrogen and oxygen atoms in total. The predicted molar refractivity (Wildman–Crippen MR) is 94.6 cm³/mol. The molecule has 126 valence electrons. The molecule has 6 heteroatoms. The first-order chi connectivity index (χ1) is 11.8. The number of benzene rings is 1. The van der Waals surface area contributed by atoms with Crippen molar-refractivity contribution in [1.29, 1.82) is 0 Å². The molecule has 0 amide bonds. The number of hydrogen-bond donors (Lipinski definition) is 3. The molecule has 0 atom stereocenters. The van der Waals surface area contributed by atoms with E-state index in [0.717, 1.165) is 56.8 Å². The van der Waals surface area contributed by atoms with E-state index in [1.165, 1.54) is 11.3 Å². The summed E-state index contributed by atoms with van der Waals surface area (Å²) in [5.74, 6) is 0.645. The van der Waals surface area contributed by atoms with E-state index >= 15 is 0 Å². The quantitative estimate of drug-likeness (QED) is 0.799. The molecule has 4 rings (SSSR count). The monoisotopic (exact) mass is 325 g/mol. The van der Waals surface area contributed by atoms with E-state index in [0.29, 0.717) is 5.95 Å². The highest BCUT2D eigenvalue weighted by Gasteiger charge is 2.17. The topological polar surface area (TPSA) is 73.3 Å². The molecule has 0 saturated carbocycles. The summed E-state index contributed by atoms with van der Waals surface area (Å²) in [6.07, 6.45) is 4.47. The van der Waals surface area contributed by atoms with Crippen molar-refractivity contribution < 1.29 is 5.11 Å². The van der Waals surface area contributed by atoms with Gasteiger partial charge in [0.05, 0.1) is 11.8 Å². The maximum atomic E-state index is 9.61. The van der Waals surface area contributed by atoms with Gasteiger partial charge in [-0.05, 0) is 55.6 Å². The van der Waals surface area contributed by atoms with Gasteiger partial charge in [0.25, 0.3) is 0 Å². The first kappa shape index (κ1) is 15.4. The van der Waals surface area contributed by atoms with Crippen LogP contribution in [0, 0.1) is 0 Å². The van der Waals surface area contributed by atoms with Gasteiger partial charge in [-0.25, -0.2) is 9.97 Å². The van der Waals surface area contributed by atoms with Gasteiger partial charge in [0.15, 0.2) is 0 Å². The van der Waals surface area contributed by atoms with E-state index in [1.807, 2.05) is 6.20 Å². The van der Waals surface area contributed by atoms with Gasteiger partial charge in [0.1, 0.15) is 0 Å². The maximum Gasteiger partial charge on any atom is 0.227 e. The fourth-order valence-electron chi connectivity index (χ4n) is 3.30. The standard InChI is InChI=1S/C18H23N5O/c24-16-6-9-23(10-7-16)15-3-1-14(2-4-15)21-18-20-11-13-5-8-19-12-17(13)22-18/h1-4,11,16,19,24H,5-10,12H2,(H,20,21,22). The van der Waals surface area contributed by atoms with Gasteiger partial charge >= 0.3 is 0 Å². The van der Waals surface area contributed by atoms with Crippen LogP contribution in [0.5, 0.6) is 0 Å². The highest BCUT2D eigenvalue weighted by Crippen LogP contribution is 2.23. The van der Waals surface area contributed by atoms with E-state index in [2.05, 4.69) is 49.8 Å². The lowest BCUT2D eigenvalue weighted by atomic mass is 10.1. The highest BCUT2D eigenvalue weighted by molar-refractivity contribution is 5.59. The molecule has 2 aromatic rings.